The molecule has 0 unspecified atom stereocenters. The van der Waals surface area contributed by atoms with Gasteiger partial charge in [0.1, 0.15) is 0 Å². The highest BCUT2D eigenvalue weighted by atomic mass is 16.7. The fourth-order valence-corrected chi connectivity index (χ4v) is 5.36. The van der Waals surface area contributed by atoms with Crippen LogP contribution in [0.5, 0.6) is 0 Å². The number of benzene rings is 3. The lowest BCUT2D eigenvalue weighted by atomic mass is 9.80. The van der Waals surface area contributed by atoms with Gasteiger partial charge in [0.25, 0.3) is 0 Å². The van der Waals surface area contributed by atoms with E-state index in [9.17, 15) is 0 Å². The summed E-state index contributed by atoms with van der Waals surface area (Å²) in [5, 5.41) is 2.61. The summed E-state index contributed by atoms with van der Waals surface area (Å²) in [6.07, 6.45) is 1.89. The summed E-state index contributed by atoms with van der Waals surface area (Å²) in [5.41, 5.74) is 7.70. The van der Waals surface area contributed by atoms with Crippen molar-refractivity contribution in [3.63, 3.8) is 0 Å². The van der Waals surface area contributed by atoms with Crippen LogP contribution in [0.3, 0.4) is 0 Å². The smallest absolute Gasteiger partial charge is 0.399 e. The van der Waals surface area contributed by atoms with Crippen LogP contribution in [0.25, 0.3) is 33.2 Å². The predicted molar refractivity (Wildman–Crippen MR) is 140 cm³/mol. The van der Waals surface area contributed by atoms with Crippen molar-refractivity contribution >= 4 is 23.4 Å². The molecule has 1 aromatic heterocycles. The van der Waals surface area contributed by atoms with Gasteiger partial charge in [-0.1, -0.05) is 68.4 Å². The minimum atomic E-state index is -0.395. The Kier molecular flexibility index (Phi) is 4.46. The Morgan fingerprint density at radius 3 is 2.18 bits per heavy atom. The van der Waals surface area contributed by atoms with Gasteiger partial charge in [0, 0.05) is 22.6 Å². The van der Waals surface area contributed by atoms with Gasteiger partial charge in [-0.05, 0) is 72.9 Å². The van der Waals surface area contributed by atoms with Crippen molar-refractivity contribution in [1.82, 2.24) is 4.98 Å². The number of hydrogen-bond acceptors (Lipinski definition) is 3. The molecule has 6 rings (SSSR count). The van der Waals surface area contributed by atoms with Crippen LogP contribution in [0, 0.1) is 0 Å². The largest absolute Gasteiger partial charge is 0.496 e. The van der Waals surface area contributed by atoms with Gasteiger partial charge in [0.2, 0.25) is 0 Å². The normalized spacial score (nSPS) is 19.3. The highest BCUT2D eigenvalue weighted by Crippen LogP contribution is 2.52. The fourth-order valence-electron chi connectivity index (χ4n) is 5.36. The number of aromatic nitrogens is 1. The maximum absolute atomic E-state index is 6.19. The summed E-state index contributed by atoms with van der Waals surface area (Å²) in [6, 6.07) is 24.2. The molecular formula is C30H30BNO2. The van der Waals surface area contributed by atoms with Crippen LogP contribution < -0.4 is 5.46 Å². The summed E-state index contributed by atoms with van der Waals surface area (Å²) in [7, 11) is -0.395. The maximum Gasteiger partial charge on any atom is 0.496 e. The third-order valence-electron chi connectivity index (χ3n) is 8.17. The Balaban J connectivity index is 1.38. The molecule has 1 aliphatic carbocycles. The third-order valence-corrected chi connectivity index (χ3v) is 8.17. The maximum atomic E-state index is 6.19. The third kappa shape index (κ3) is 3.02. The number of rotatable bonds is 2. The number of hydrogen-bond donors (Lipinski definition) is 0. The van der Waals surface area contributed by atoms with E-state index in [2.05, 4.69) is 108 Å². The van der Waals surface area contributed by atoms with E-state index < -0.39 is 7.12 Å². The SMILES string of the molecule is CC1(C)c2cc(-c3ccc(B4OC(C)(C)C(C)(C)O4)cn3)ccc2-c2c1ccc1ccccc21. The van der Waals surface area contributed by atoms with Gasteiger partial charge >= 0.3 is 7.12 Å². The van der Waals surface area contributed by atoms with Gasteiger partial charge in [-0.2, -0.15) is 0 Å². The molecule has 0 saturated carbocycles. The van der Waals surface area contributed by atoms with Crippen molar-refractivity contribution in [3.05, 3.63) is 84.1 Å². The minimum Gasteiger partial charge on any atom is -0.399 e. The Hall–Kier alpha value is -2.95. The fraction of sp³-hybridized carbons (Fsp3) is 0.300. The molecule has 0 atom stereocenters. The molecule has 3 nitrogen and oxygen atoms in total. The molecule has 0 radical (unpaired) electrons. The molecule has 1 fully saturated rings. The Morgan fingerprint density at radius 2 is 1.47 bits per heavy atom. The second-order valence-corrected chi connectivity index (χ2v) is 11.2. The summed E-state index contributed by atoms with van der Waals surface area (Å²) in [4.78, 5) is 4.80. The van der Waals surface area contributed by atoms with Crippen molar-refractivity contribution in [2.75, 3.05) is 0 Å². The Morgan fingerprint density at radius 1 is 0.735 bits per heavy atom. The summed E-state index contributed by atoms with van der Waals surface area (Å²) in [5.74, 6) is 0. The first-order chi connectivity index (χ1) is 16.1. The van der Waals surface area contributed by atoms with Crippen LogP contribution in [-0.2, 0) is 14.7 Å². The van der Waals surface area contributed by atoms with E-state index in [0.29, 0.717) is 0 Å². The quantitative estimate of drug-likeness (QED) is 0.329. The van der Waals surface area contributed by atoms with Crippen LogP contribution in [0.2, 0.25) is 0 Å². The topological polar surface area (TPSA) is 31.4 Å². The van der Waals surface area contributed by atoms with Crippen molar-refractivity contribution in [3.8, 4) is 22.4 Å². The van der Waals surface area contributed by atoms with Crippen molar-refractivity contribution in [2.45, 2.75) is 58.2 Å². The molecule has 4 aromatic rings. The number of nitrogens with zero attached hydrogens (tertiary/aromatic N) is 1. The van der Waals surface area contributed by atoms with Crippen molar-refractivity contribution < 1.29 is 9.31 Å². The Labute approximate surface area is 202 Å². The zero-order chi connectivity index (χ0) is 23.9. The van der Waals surface area contributed by atoms with E-state index in [-0.39, 0.29) is 16.6 Å². The predicted octanol–water partition coefficient (Wildman–Crippen LogP) is 6.51. The van der Waals surface area contributed by atoms with E-state index in [1.807, 2.05) is 6.20 Å². The molecule has 1 saturated heterocycles. The number of pyridine rings is 1. The second-order valence-electron chi connectivity index (χ2n) is 11.2. The van der Waals surface area contributed by atoms with Gasteiger partial charge in [0.15, 0.2) is 0 Å². The second kappa shape index (κ2) is 7.03. The molecule has 0 spiro atoms. The van der Waals surface area contributed by atoms with Crippen LogP contribution in [0.1, 0.15) is 52.7 Å². The first-order valence-electron chi connectivity index (χ1n) is 12.1. The zero-order valence-corrected chi connectivity index (χ0v) is 20.8. The van der Waals surface area contributed by atoms with Gasteiger partial charge < -0.3 is 9.31 Å². The molecule has 2 heterocycles. The monoisotopic (exact) mass is 447 g/mol. The minimum absolute atomic E-state index is 0.0622. The van der Waals surface area contributed by atoms with Crippen LogP contribution >= 0.6 is 0 Å². The molecule has 0 amide bonds. The van der Waals surface area contributed by atoms with Gasteiger partial charge in [-0.3, -0.25) is 4.98 Å². The molecule has 0 N–H and O–H groups in total. The van der Waals surface area contributed by atoms with Crippen molar-refractivity contribution in [1.29, 1.82) is 0 Å². The first kappa shape index (κ1) is 21.6. The Bertz CT molecular complexity index is 1420. The summed E-state index contributed by atoms with van der Waals surface area (Å²) >= 11 is 0. The van der Waals surface area contributed by atoms with Crippen molar-refractivity contribution in [2.24, 2.45) is 0 Å². The summed E-state index contributed by atoms with van der Waals surface area (Å²) in [6.45, 7) is 12.9. The molecule has 0 bridgehead atoms. The van der Waals surface area contributed by atoms with Gasteiger partial charge in [-0.15, -0.1) is 0 Å². The molecular weight excluding hydrogens is 417 g/mol. The highest BCUT2D eigenvalue weighted by molar-refractivity contribution is 6.62. The molecule has 4 heteroatoms. The standard InChI is InChI=1S/C30H30BNO2/c1-28(2)24-15-12-19-9-7-8-10-22(19)27(24)23-14-11-20(17-25(23)28)26-16-13-21(18-32-26)31-33-29(3,4)30(5,6)34-31/h7-18H,1-6H3. The lowest BCUT2D eigenvalue weighted by Gasteiger charge is -2.32. The van der Waals surface area contributed by atoms with Crippen LogP contribution in [0.15, 0.2) is 72.9 Å². The van der Waals surface area contributed by atoms with Crippen LogP contribution in [-0.4, -0.2) is 23.3 Å². The van der Waals surface area contributed by atoms with E-state index in [1.165, 1.54) is 33.0 Å². The molecule has 170 valence electrons. The van der Waals surface area contributed by atoms with E-state index in [4.69, 9.17) is 14.3 Å². The zero-order valence-electron chi connectivity index (χ0n) is 20.8. The van der Waals surface area contributed by atoms with E-state index >= 15 is 0 Å². The van der Waals surface area contributed by atoms with Gasteiger partial charge in [0.05, 0.1) is 16.9 Å². The average molecular weight is 447 g/mol. The molecule has 2 aliphatic rings. The first-order valence-corrected chi connectivity index (χ1v) is 12.1. The molecule has 3 aromatic carbocycles. The lowest BCUT2D eigenvalue weighted by Crippen LogP contribution is -2.41. The van der Waals surface area contributed by atoms with Gasteiger partial charge in [-0.25, -0.2) is 0 Å². The summed E-state index contributed by atoms with van der Waals surface area (Å²) < 4.78 is 12.4. The highest BCUT2D eigenvalue weighted by Gasteiger charge is 2.51. The average Bonchev–Trinajstić information content (AvgIpc) is 3.18. The molecule has 1 aliphatic heterocycles. The number of fused-ring (bicyclic) bond motifs is 5. The van der Waals surface area contributed by atoms with Crippen LogP contribution in [0.4, 0.5) is 0 Å². The molecule has 34 heavy (non-hydrogen) atoms. The van der Waals surface area contributed by atoms with E-state index in [1.54, 1.807) is 0 Å². The van der Waals surface area contributed by atoms with E-state index in [0.717, 1.165) is 16.7 Å². The lowest BCUT2D eigenvalue weighted by molar-refractivity contribution is 0.00578.